The molecule has 9 nitrogen and oxygen atoms in total. The number of rotatable bonds is 4. The van der Waals surface area contributed by atoms with Gasteiger partial charge in [-0.25, -0.2) is 22.5 Å². The number of benzene rings is 2. The van der Waals surface area contributed by atoms with Crippen LogP contribution in [0.1, 0.15) is 32.1 Å². The zero-order valence-electron chi connectivity index (χ0n) is 24.2. The number of hydrogen-bond donors (Lipinski definition) is 2. The molecule has 13 heteroatoms. The van der Waals surface area contributed by atoms with Crippen molar-refractivity contribution < 1.29 is 32.1 Å². The minimum atomic E-state index is -1.19. The molecule has 4 fully saturated rings. The van der Waals surface area contributed by atoms with Crippen LogP contribution in [0, 0.1) is 17.5 Å². The highest BCUT2D eigenvalue weighted by Crippen LogP contribution is 2.45. The number of halogens is 4. The van der Waals surface area contributed by atoms with E-state index in [1.807, 2.05) is 0 Å². The Morgan fingerprint density at radius 2 is 1.96 bits per heavy atom. The Hall–Kier alpha value is -3.97. The second-order valence-electron chi connectivity index (χ2n) is 13.0. The quantitative estimate of drug-likeness (QED) is 0.316. The van der Waals surface area contributed by atoms with E-state index in [9.17, 15) is 13.9 Å². The van der Waals surface area contributed by atoms with Crippen molar-refractivity contribution in [1.82, 2.24) is 25.2 Å². The summed E-state index contributed by atoms with van der Waals surface area (Å²) in [7, 11) is 0. The van der Waals surface area contributed by atoms with Gasteiger partial charge in [-0.15, -0.1) is 0 Å². The Bertz CT molecular complexity index is 1900. The molecule has 0 spiro atoms. The fourth-order valence-electron chi connectivity index (χ4n) is 8.38. The molecule has 4 saturated heterocycles. The number of piperazine rings is 1. The second kappa shape index (κ2) is 9.76. The number of hydrogen-bond acceptors (Lipinski definition) is 9. The molecule has 9 rings (SSSR count). The van der Waals surface area contributed by atoms with Gasteiger partial charge in [0.15, 0.2) is 17.5 Å². The Labute approximate surface area is 255 Å². The number of anilines is 1. The van der Waals surface area contributed by atoms with Crippen LogP contribution in [0.3, 0.4) is 0 Å². The molecule has 0 saturated carbocycles. The first-order chi connectivity index (χ1) is 21.8. The van der Waals surface area contributed by atoms with Crippen molar-refractivity contribution in [2.24, 2.45) is 0 Å². The van der Waals surface area contributed by atoms with Crippen molar-refractivity contribution >= 4 is 27.5 Å². The normalized spacial score (nSPS) is 28.8. The summed E-state index contributed by atoms with van der Waals surface area (Å²) < 4.78 is 73.5. The van der Waals surface area contributed by atoms with Gasteiger partial charge in [-0.1, -0.05) is 6.07 Å². The number of aromatic hydroxyl groups is 1. The van der Waals surface area contributed by atoms with E-state index in [0.29, 0.717) is 25.3 Å². The average Bonchev–Trinajstić information content (AvgIpc) is 3.65. The number of ether oxygens (including phenoxy) is 2. The third-order valence-electron chi connectivity index (χ3n) is 10.4. The summed E-state index contributed by atoms with van der Waals surface area (Å²) >= 11 is 0. The van der Waals surface area contributed by atoms with Gasteiger partial charge in [0, 0.05) is 42.5 Å². The van der Waals surface area contributed by atoms with E-state index in [4.69, 9.17) is 14.5 Å². The first-order valence-electron chi connectivity index (χ1n) is 15.5. The highest BCUT2D eigenvalue weighted by atomic mass is 19.2. The Balaban J connectivity index is 1.24. The standard InChI is InChI=1S/C32H30F4N6O3/c33-16-10-32(6-1-7-41(32)11-16)14-45-31-39-28-24-29(40-31)42-12-17-3-5-21(37-17)22(42)13-44-30(24)38-27(26(28)36)19-9-18(43)8-15-2-4-20(34)25(35)23(15)19/h2,4,8-9,16-17,21-22,37,43H,1,3,5-7,10-14H2/t16-,17?,21?,22?,32+/m1/s1. The number of phenolic OH excluding ortho intramolecular Hbond substituents is 1. The molecule has 2 N–H and O–H groups in total. The van der Waals surface area contributed by atoms with E-state index in [2.05, 4.69) is 25.1 Å². The minimum absolute atomic E-state index is 0.0538. The number of pyridine rings is 1. The highest BCUT2D eigenvalue weighted by Gasteiger charge is 2.50. The molecule has 2 bridgehead atoms. The van der Waals surface area contributed by atoms with Gasteiger partial charge in [0.05, 0.1) is 11.6 Å². The molecule has 2 aromatic carbocycles. The molecule has 45 heavy (non-hydrogen) atoms. The number of aromatic nitrogens is 3. The van der Waals surface area contributed by atoms with Gasteiger partial charge >= 0.3 is 6.01 Å². The molecular formula is C32H30F4N6O3. The molecule has 7 heterocycles. The zero-order valence-corrected chi connectivity index (χ0v) is 24.2. The molecule has 0 amide bonds. The van der Waals surface area contributed by atoms with Gasteiger partial charge in [0.25, 0.3) is 0 Å². The van der Waals surface area contributed by atoms with Crippen molar-refractivity contribution in [3.63, 3.8) is 0 Å². The van der Waals surface area contributed by atoms with Crippen LogP contribution in [0.15, 0.2) is 24.3 Å². The smallest absolute Gasteiger partial charge is 0.319 e. The van der Waals surface area contributed by atoms with Crippen molar-refractivity contribution in [1.29, 1.82) is 0 Å². The van der Waals surface area contributed by atoms with Crippen LogP contribution in [0.5, 0.6) is 17.6 Å². The van der Waals surface area contributed by atoms with Crippen LogP contribution in [0.25, 0.3) is 32.9 Å². The van der Waals surface area contributed by atoms with Gasteiger partial charge in [0.1, 0.15) is 47.5 Å². The molecule has 5 atom stereocenters. The van der Waals surface area contributed by atoms with Crippen LogP contribution < -0.4 is 19.7 Å². The molecule has 5 aliphatic rings. The summed E-state index contributed by atoms with van der Waals surface area (Å²) in [6, 6.07) is 4.83. The lowest BCUT2D eigenvalue weighted by atomic mass is 9.95. The minimum Gasteiger partial charge on any atom is -0.508 e. The fourth-order valence-corrected chi connectivity index (χ4v) is 8.38. The van der Waals surface area contributed by atoms with Crippen molar-refractivity contribution in [2.75, 3.05) is 37.7 Å². The summed E-state index contributed by atoms with van der Waals surface area (Å²) in [6.45, 7) is 2.14. The SMILES string of the molecule is Oc1cc(-c2nc3c4c(nc(OC[C@@]56CCCN5C[C@H](F)C6)nc4c2F)N2CC4CCC(N4)C2CO3)c2c(F)c(F)ccc2c1. The lowest BCUT2D eigenvalue weighted by Gasteiger charge is -2.40. The fraction of sp³-hybridized carbons (Fsp3) is 0.469. The highest BCUT2D eigenvalue weighted by molar-refractivity contribution is 6.02. The zero-order chi connectivity index (χ0) is 30.6. The first-order valence-corrected chi connectivity index (χ1v) is 15.5. The summed E-state index contributed by atoms with van der Waals surface area (Å²) in [6.07, 6.45) is 3.06. The maximum Gasteiger partial charge on any atom is 0.319 e. The van der Waals surface area contributed by atoms with E-state index in [1.54, 1.807) is 0 Å². The number of alkyl halides is 1. The monoisotopic (exact) mass is 622 g/mol. The van der Waals surface area contributed by atoms with Crippen molar-refractivity contribution in [3.8, 4) is 28.9 Å². The van der Waals surface area contributed by atoms with Gasteiger partial charge in [-0.3, -0.25) is 4.90 Å². The summed E-state index contributed by atoms with van der Waals surface area (Å²) in [5.74, 6) is -3.01. The van der Waals surface area contributed by atoms with Crippen LogP contribution in [-0.4, -0.2) is 87.6 Å². The van der Waals surface area contributed by atoms with Crippen LogP contribution >= 0.6 is 0 Å². The van der Waals surface area contributed by atoms with E-state index in [-0.39, 0.29) is 81.9 Å². The van der Waals surface area contributed by atoms with E-state index < -0.39 is 29.2 Å². The van der Waals surface area contributed by atoms with Gasteiger partial charge in [-0.05, 0) is 55.8 Å². The molecule has 0 radical (unpaired) electrons. The van der Waals surface area contributed by atoms with Gasteiger partial charge in [-0.2, -0.15) is 9.97 Å². The second-order valence-corrected chi connectivity index (χ2v) is 13.0. The molecule has 0 aliphatic carbocycles. The Morgan fingerprint density at radius 3 is 2.84 bits per heavy atom. The van der Waals surface area contributed by atoms with Crippen LogP contribution in [0.2, 0.25) is 0 Å². The Morgan fingerprint density at radius 1 is 1.07 bits per heavy atom. The molecule has 2 aromatic heterocycles. The third kappa shape index (κ3) is 4.09. The van der Waals surface area contributed by atoms with Crippen LogP contribution in [0.4, 0.5) is 23.4 Å². The third-order valence-corrected chi connectivity index (χ3v) is 10.4. The van der Waals surface area contributed by atoms with Crippen molar-refractivity contribution in [3.05, 3.63) is 41.7 Å². The molecule has 3 unspecified atom stereocenters. The summed E-state index contributed by atoms with van der Waals surface area (Å²) in [4.78, 5) is 18.1. The number of nitrogens with zero attached hydrogens (tertiary/aromatic N) is 5. The maximum absolute atomic E-state index is 16.8. The number of fused-ring (bicyclic) bond motifs is 7. The molecule has 4 aromatic rings. The van der Waals surface area contributed by atoms with E-state index in [1.165, 1.54) is 12.1 Å². The van der Waals surface area contributed by atoms with Crippen LogP contribution in [-0.2, 0) is 0 Å². The molecule has 234 valence electrons. The summed E-state index contributed by atoms with van der Waals surface area (Å²) in [5, 5.41) is 14.3. The predicted molar refractivity (Wildman–Crippen MR) is 157 cm³/mol. The van der Waals surface area contributed by atoms with E-state index in [0.717, 1.165) is 44.4 Å². The average molecular weight is 623 g/mol. The number of nitrogens with one attached hydrogen (secondary N) is 1. The first kappa shape index (κ1) is 27.3. The largest absolute Gasteiger partial charge is 0.508 e. The van der Waals surface area contributed by atoms with Gasteiger partial charge in [0.2, 0.25) is 5.88 Å². The topological polar surface area (TPSA) is 95.9 Å². The maximum atomic E-state index is 16.8. The van der Waals surface area contributed by atoms with E-state index >= 15 is 8.78 Å². The lowest BCUT2D eigenvalue weighted by Crippen LogP contribution is -2.60. The predicted octanol–water partition coefficient (Wildman–Crippen LogP) is 4.62. The summed E-state index contributed by atoms with van der Waals surface area (Å²) in [5.41, 5.74) is -1.12. The number of phenols is 1. The van der Waals surface area contributed by atoms with Crippen molar-refractivity contribution in [2.45, 2.75) is 61.9 Å². The lowest BCUT2D eigenvalue weighted by molar-refractivity contribution is 0.107. The molecular weight excluding hydrogens is 592 g/mol. The Kier molecular flexibility index (Phi) is 5.93. The van der Waals surface area contributed by atoms with Gasteiger partial charge < -0.3 is 24.8 Å². The molecule has 5 aliphatic heterocycles.